The van der Waals surface area contributed by atoms with Gasteiger partial charge in [0.05, 0.1) is 10.0 Å². The van der Waals surface area contributed by atoms with Crippen LogP contribution in [0.25, 0.3) is 0 Å². The van der Waals surface area contributed by atoms with Crippen LogP contribution in [0.4, 0.5) is 11.5 Å². The molecule has 0 unspecified atom stereocenters. The van der Waals surface area contributed by atoms with Crippen LogP contribution in [0.15, 0.2) is 59.1 Å². The number of nitrogens with zero attached hydrogens (tertiary/aromatic N) is 1. The number of carbonyl (C=O) groups excluding carboxylic acids is 1. The Bertz CT molecular complexity index is 973. The van der Waals surface area contributed by atoms with Crippen molar-refractivity contribution in [2.24, 2.45) is 0 Å². The predicted octanol–water partition coefficient (Wildman–Crippen LogP) is 5.09. The lowest BCUT2D eigenvalue weighted by molar-refractivity contribution is 0.102. The van der Waals surface area contributed by atoms with Gasteiger partial charge in [-0.2, -0.15) is 0 Å². The van der Waals surface area contributed by atoms with E-state index >= 15 is 0 Å². The molecule has 0 aliphatic heterocycles. The van der Waals surface area contributed by atoms with Crippen molar-refractivity contribution >= 4 is 33.3 Å². The highest BCUT2D eigenvalue weighted by Gasteiger charge is 2.13. The van der Waals surface area contributed by atoms with Crippen molar-refractivity contribution in [2.75, 3.05) is 11.1 Å². The molecule has 0 aliphatic carbocycles. The monoisotopic (exact) mass is 411 g/mol. The molecule has 0 atom stereocenters. The van der Waals surface area contributed by atoms with Gasteiger partial charge < -0.3 is 15.8 Å². The lowest BCUT2D eigenvalue weighted by Crippen LogP contribution is -2.15. The fourth-order valence-electron chi connectivity index (χ4n) is 2.40. The number of halogens is 1. The Kier molecular flexibility index (Phi) is 5.23. The number of aryl methyl sites for hydroxylation is 2. The van der Waals surface area contributed by atoms with Gasteiger partial charge in [0.15, 0.2) is 0 Å². The van der Waals surface area contributed by atoms with Gasteiger partial charge in [0.1, 0.15) is 17.3 Å². The second-order valence-corrected chi connectivity index (χ2v) is 6.69. The first-order valence-electron chi connectivity index (χ1n) is 8.01. The molecule has 0 aliphatic rings. The second-order valence-electron chi connectivity index (χ2n) is 5.84. The van der Waals surface area contributed by atoms with Crippen molar-refractivity contribution in [3.63, 3.8) is 0 Å². The number of nitrogen functional groups attached to an aromatic ring is 1. The average molecular weight is 412 g/mol. The maximum atomic E-state index is 12.5. The SMILES string of the molecule is Cc1cc(C(=O)Nc2cccc(Oc3ccccc3Br)c2)c(N)nc1C. The van der Waals surface area contributed by atoms with Crippen LogP contribution in [-0.2, 0) is 0 Å². The van der Waals surface area contributed by atoms with Crippen molar-refractivity contribution in [3.8, 4) is 11.5 Å². The Labute approximate surface area is 160 Å². The number of pyridine rings is 1. The number of nitrogens with two attached hydrogens (primary N) is 1. The molecule has 0 saturated heterocycles. The van der Waals surface area contributed by atoms with Crippen LogP contribution in [0.2, 0.25) is 0 Å². The number of nitrogens with one attached hydrogen (secondary N) is 1. The lowest BCUT2D eigenvalue weighted by Gasteiger charge is -2.11. The van der Waals surface area contributed by atoms with Crippen LogP contribution in [0, 0.1) is 13.8 Å². The van der Waals surface area contributed by atoms with Crippen molar-refractivity contribution in [3.05, 3.63) is 75.9 Å². The van der Waals surface area contributed by atoms with E-state index < -0.39 is 0 Å². The second kappa shape index (κ2) is 7.58. The summed E-state index contributed by atoms with van der Waals surface area (Å²) in [6.07, 6.45) is 0. The summed E-state index contributed by atoms with van der Waals surface area (Å²) < 4.78 is 6.71. The number of carbonyl (C=O) groups is 1. The molecular formula is C20H18BrN3O2. The lowest BCUT2D eigenvalue weighted by atomic mass is 10.1. The largest absolute Gasteiger partial charge is 0.456 e. The summed E-state index contributed by atoms with van der Waals surface area (Å²) in [6, 6.07) is 16.5. The highest BCUT2D eigenvalue weighted by Crippen LogP contribution is 2.30. The van der Waals surface area contributed by atoms with Gasteiger partial charge in [-0.05, 0) is 65.7 Å². The topological polar surface area (TPSA) is 77.2 Å². The van der Waals surface area contributed by atoms with E-state index in [1.54, 1.807) is 18.2 Å². The number of amides is 1. The number of anilines is 2. The zero-order valence-corrected chi connectivity index (χ0v) is 16.0. The molecule has 3 rings (SSSR count). The Morgan fingerprint density at radius 2 is 1.88 bits per heavy atom. The molecule has 1 amide bonds. The molecular weight excluding hydrogens is 394 g/mol. The summed E-state index contributed by atoms with van der Waals surface area (Å²) in [5, 5.41) is 2.84. The van der Waals surface area contributed by atoms with Gasteiger partial charge in [-0.15, -0.1) is 0 Å². The third-order valence-corrected chi connectivity index (χ3v) is 4.55. The van der Waals surface area contributed by atoms with Crippen molar-refractivity contribution in [1.29, 1.82) is 0 Å². The highest BCUT2D eigenvalue weighted by atomic mass is 79.9. The predicted molar refractivity (Wildman–Crippen MR) is 107 cm³/mol. The first-order valence-corrected chi connectivity index (χ1v) is 8.81. The summed E-state index contributed by atoms with van der Waals surface area (Å²) >= 11 is 3.45. The van der Waals surface area contributed by atoms with Gasteiger partial charge in [-0.3, -0.25) is 4.79 Å². The summed E-state index contributed by atoms with van der Waals surface area (Å²) in [6.45, 7) is 3.75. The summed E-state index contributed by atoms with van der Waals surface area (Å²) in [7, 11) is 0. The van der Waals surface area contributed by atoms with Crippen molar-refractivity contribution < 1.29 is 9.53 Å². The third kappa shape index (κ3) is 4.03. The number of para-hydroxylation sites is 1. The summed E-state index contributed by atoms with van der Waals surface area (Å²) in [4.78, 5) is 16.7. The van der Waals surface area contributed by atoms with Gasteiger partial charge >= 0.3 is 0 Å². The van der Waals surface area contributed by atoms with E-state index in [1.807, 2.05) is 50.2 Å². The minimum absolute atomic E-state index is 0.214. The molecule has 0 bridgehead atoms. The average Bonchev–Trinajstić information content (AvgIpc) is 2.60. The van der Waals surface area contributed by atoms with Crippen LogP contribution >= 0.6 is 15.9 Å². The molecule has 0 fully saturated rings. The maximum Gasteiger partial charge on any atom is 0.259 e. The first kappa shape index (κ1) is 17.9. The number of ether oxygens (including phenoxy) is 1. The van der Waals surface area contributed by atoms with E-state index in [0.717, 1.165) is 15.7 Å². The van der Waals surface area contributed by atoms with E-state index in [9.17, 15) is 4.79 Å². The number of hydrogen-bond donors (Lipinski definition) is 2. The van der Waals surface area contributed by atoms with Gasteiger partial charge in [-0.25, -0.2) is 4.98 Å². The zero-order chi connectivity index (χ0) is 18.7. The molecule has 132 valence electrons. The normalized spacial score (nSPS) is 10.4. The molecule has 2 aromatic carbocycles. The van der Waals surface area contributed by atoms with Gasteiger partial charge in [0.25, 0.3) is 5.91 Å². The minimum Gasteiger partial charge on any atom is -0.456 e. The molecule has 3 aromatic rings. The zero-order valence-electron chi connectivity index (χ0n) is 14.4. The van der Waals surface area contributed by atoms with Crippen molar-refractivity contribution in [2.45, 2.75) is 13.8 Å². The molecule has 6 heteroatoms. The van der Waals surface area contributed by atoms with E-state index in [0.29, 0.717) is 22.7 Å². The van der Waals surface area contributed by atoms with Crippen LogP contribution < -0.4 is 15.8 Å². The summed E-state index contributed by atoms with van der Waals surface area (Å²) in [5.41, 5.74) is 8.57. The molecule has 0 radical (unpaired) electrons. The smallest absolute Gasteiger partial charge is 0.259 e. The van der Waals surface area contributed by atoms with Crippen LogP contribution in [0.3, 0.4) is 0 Å². The Morgan fingerprint density at radius 3 is 2.65 bits per heavy atom. The Balaban J connectivity index is 1.80. The fourth-order valence-corrected chi connectivity index (χ4v) is 2.76. The standard InChI is InChI=1S/C20H18BrN3O2/c1-12-10-16(19(22)23-13(12)2)20(25)24-14-6-5-7-15(11-14)26-18-9-4-3-8-17(18)21/h3-11H,1-2H3,(H2,22,23)(H,24,25). The number of rotatable bonds is 4. The molecule has 1 heterocycles. The van der Waals surface area contributed by atoms with Crippen molar-refractivity contribution in [1.82, 2.24) is 4.98 Å². The summed E-state index contributed by atoms with van der Waals surface area (Å²) in [5.74, 6) is 1.21. The maximum absolute atomic E-state index is 12.5. The van der Waals surface area contributed by atoms with Crippen LogP contribution in [0.5, 0.6) is 11.5 Å². The number of hydrogen-bond acceptors (Lipinski definition) is 4. The molecule has 3 N–H and O–H groups in total. The van der Waals surface area contributed by atoms with E-state index in [1.165, 1.54) is 0 Å². The van der Waals surface area contributed by atoms with Crippen LogP contribution in [0.1, 0.15) is 21.6 Å². The number of benzene rings is 2. The van der Waals surface area contributed by atoms with Gasteiger partial charge in [0.2, 0.25) is 0 Å². The molecule has 5 nitrogen and oxygen atoms in total. The Morgan fingerprint density at radius 1 is 1.12 bits per heavy atom. The minimum atomic E-state index is -0.309. The number of aromatic nitrogens is 1. The highest BCUT2D eigenvalue weighted by molar-refractivity contribution is 9.10. The van der Waals surface area contributed by atoms with E-state index in [4.69, 9.17) is 10.5 Å². The third-order valence-electron chi connectivity index (χ3n) is 3.90. The Hall–Kier alpha value is -2.86. The quantitative estimate of drug-likeness (QED) is 0.626. The first-order chi connectivity index (χ1) is 12.4. The molecule has 26 heavy (non-hydrogen) atoms. The van der Waals surface area contributed by atoms with Crippen LogP contribution in [-0.4, -0.2) is 10.9 Å². The van der Waals surface area contributed by atoms with Gasteiger partial charge in [-0.1, -0.05) is 18.2 Å². The van der Waals surface area contributed by atoms with E-state index in [-0.39, 0.29) is 11.7 Å². The molecule has 0 spiro atoms. The fraction of sp³-hybridized carbons (Fsp3) is 0.100. The molecule has 0 saturated carbocycles. The van der Waals surface area contributed by atoms with E-state index in [2.05, 4.69) is 26.2 Å². The van der Waals surface area contributed by atoms with Gasteiger partial charge in [0, 0.05) is 17.4 Å². The molecule has 1 aromatic heterocycles.